The largest absolute Gasteiger partial charge is 0.355 e. The third-order valence-corrected chi connectivity index (χ3v) is 4.14. The highest BCUT2D eigenvalue weighted by Gasteiger charge is 2.32. The van der Waals surface area contributed by atoms with Crippen LogP contribution in [0, 0.1) is 5.92 Å². The third-order valence-electron chi connectivity index (χ3n) is 3.52. The summed E-state index contributed by atoms with van der Waals surface area (Å²) in [6.07, 6.45) is 5.00. The predicted molar refractivity (Wildman–Crippen MR) is 73.4 cm³/mol. The van der Waals surface area contributed by atoms with Crippen molar-refractivity contribution in [2.24, 2.45) is 5.92 Å². The summed E-state index contributed by atoms with van der Waals surface area (Å²) in [5.41, 5.74) is 0. The quantitative estimate of drug-likeness (QED) is 0.928. The molecule has 1 aromatic heterocycles. The van der Waals surface area contributed by atoms with Crippen molar-refractivity contribution in [1.29, 1.82) is 0 Å². The molecule has 0 radical (unpaired) electrons. The van der Waals surface area contributed by atoms with E-state index in [1.54, 1.807) is 6.20 Å². The van der Waals surface area contributed by atoms with Crippen LogP contribution in [0.1, 0.15) is 19.3 Å². The maximum atomic E-state index is 12.0. The van der Waals surface area contributed by atoms with Gasteiger partial charge in [-0.15, -0.1) is 0 Å². The van der Waals surface area contributed by atoms with Gasteiger partial charge in [-0.25, -0.2) is 4.98 Å². The van der Waals surface area contributed by atoms with Crippen LogP contribution in [0.2, 0.25) is 0 Å². The molecule has 5 heteroatoms. The normalized spacial score (nSPS) is 23.2. The number of hydrogen-bond acceptors (Lipinski definition) is 3. The van der Waals surface area contributed by atoms with Crippen molar-refractivity contribution in [3.8, 4) is 0 Å². The van der Waals surface area contributed by atoms with Crippen LogP contribution in [0.4, 0.5) is 5.82 Å². The van der Waals surface area contributed by atoms with E-state index in [2.05, 4.69) is 31.1 Å². The molecular formula is C13H16BrN3O. The lowest BCUT2D eigenvalue weighted by atomic mass is 10.1. The SMILES string of the molecule is O=C(NC1CC1)C1CCN(c2ncccc2Br)C1. The number of rotatable bonds is 3. The van der Waals surface area contributed by atoms with Crippen molar-refractivity contribution in [2.45, 2.75) is 25.3 Å². The van der Waals surface area contributed by atoms with E-state index in [9.17, 15) is 4.79 Å². The summed E-state index contributed by atoms with van der Waals surface area (Å²) >= 11 is 3.51. The van der Waals surface area contributed by atoms with Crippen LogP contribution in [0.5, 0.6) is 0 Å². The molecule has 1 N–H and O–H groups in total. The summed E-state index contributed by atoms with van der Waals surface area (Å²) in [5, 5.41) is 3.08. The fourth-order valence-electron chi connectivity index (χ4n) is 2.32. The molecule has 1 aliphatic carbocycles. The number of aromatic nitrogens is 1. The number of nitrogens with zero attached hydrogens (tertiary/aromatic N) is 2. The Hall–Kier alpha value is -1.10. The van der Waals surface area contributed by atoms with Gasteiger partial charge in [0.1, 0.15) is 5.82 Å². The second-order valence-electron chi connectivity index (χ2n) is 5.02. The molecule has 1 aromatic rings. The van der Waals surface area contributed by atoms with E-state index in [0.717, 1.165) is 42.6 Å². The molecule has 1 aliphatic heterocycles. The Bertz CT molecular complexity index is 461. The van der Waals surface area contributed by atoms with Crippen LogP contribution in [-0.4, -0.2) is 30.0 Å². The molecule has 1 atom stereocenters. The third kappa shape index (κ3) is 2.51. The molecule has 4 nitrogen and oxygen atoms in total. The molecule has 1 saturated heterocycles. The van der Waals surface area contributed by atoms with Gasteiger partial charge in [0.05, 0.1) is 10.4 Å². The van der Waals surface area contributed by atoms with Crippen LogP contribution >= 0.6 is 15.9 Å². The average molecular weight is 310 g/mol. The van der Waals surface area contributed by atoms with Crippen molar-refractivity contribution in [1.82, 2.24) is 10.3 Å². The lowest BCUT2D eigenvalue weighted by molar-refractivity contribution is -0.124. The van der Waals surface area contributed by atoms with E-state index in [4.69, 9.17) is 0 Å². The van der Waals surface area contributed by atoms with Gasteiger partial charge in [-0.1, -0.05) is 0 Å². The van der Waals surface area contributed by atoms with Gasteiger partial charge in [-0.05, 0) is 47.3 Å². The maximum Gasteiger partial charge on any atom is 0.225 e. The summed E-state index contributed by atoms with van der Waals surface area (Å²) in [6, 6.07) is 4.34. The van der Waals surface area contributed by atoms with Crippen molar-refractivity contribution in [3.05, 3.63) is 22.8 Å². The monoisotopic (exact) mass is 309 g/mol. The van der Waals surface area contributed by atoms with E-state index in [1.165, 1.54) is 0 Å². The zero-order valence-electron chi connectivity index (χ0n) is 10.1. The fourth-order valence-corrected chi connectivity index (χ4v) is 2.83. The molecule has 1 saturated carbocycles. The first kappa shape index (κ1) is 12.0. The minimum atomic E-state index is 0.111. The van der Waals surface area contributed by atoms with Crippen LogP contribution in [0.15, 0.2) is 22.8 Å². The average Bonchev–Trinajstić information content (AvgIpc) is 3.04. The maximum absolute atomic E-state index is 12.0. The summed E-state index contributed by atoms with van der Waals surface area (Å²) in [5.74, 6) is 1.27. The molecule has 1 amide bonds. The molecule has 2 fully saturated rings. The van der Waals surface area contributed by atoms with E-state index < -0.39 is 0 Å². The Morgan fingerprint density at radius 2 is 2.28 bits per heavy atom. The Balaban J connectivity index is 1.64. The van der Waals surface area contributed by atoms with Gasteiger partial charge in [0.15, 0.2) is 0 Å². The molecule has 0 spiro atoms. The van der Waals surface area contributed by atoms with Gasteiger partial charge in [0.25, 0.3) is 0 Å². The molecule has 96 valence electrons. The molecule has 18 heavy (non-hydrogen) atoms. The van der Waals surface area contributed by atoms with Crippen LogP contribution < -0.4 is 10.2 Å². The molecule has 0 bridgehead atoms. The van der Waals surface area contributed by atoms with Crippen molar-refractivity contribution in [3.63, 3.8) is 0 Å². The number of carbonyl (C=O) groups is 1. The lowest BCUT2D eigenvalue weighted by Gasteiger charge is -2.18. The Morgan fingerprint density at radius 3 is 3.00 bits per heavy atom. The highest BCUT2D eigenvalue weighted by atomic mass is 79.9. The van der Waals surface area contributed by atoms with E-state index in [-0.39, 0.29) is 11.8 Å². The second-order valence-corrected chi connectivity index (χ2v) is 5.88. The molecule has 2 heterocycles. The van der Waals surface area contributed by atoms with Gasteiger partial charge in [-0.2, -0.15) is 0 Å². The Morgan fingerprint density at radius 1 is 1.44 bits per heavy atom. The Labute approximate surface area is 115 Å². The Kier molecular flexibility index (Phi) is 3.24. The van der Waals surface area contributed by atoms with E-state index in [1.807, 2.05) is 12.1 Å². The number of anilines is 1. The van der Waals surface area contributed by atoms with Gasteiger partial charge >= 0.3 is 0 Å². The predicted octanol–water partition coefficient (Wildman–Crippen LogP) is 1.95. The van der Waals surface area contributed by atoms with Gasteiger partial charge in [0, 0.05) is 25.3 Å². The van der Waals surface area contributed by atoms with Crippen molar-refractivity contribution >= 4 is 27.7 Å². The number of amides is 1. The lowest BCUT2D eigenvalue weighted by Crippen LogP contribution is -2.34. The number of carbonyl (C=O) groups excluding carboxylic acids is 1. The standard InChI is InChI=1S/C13H16BrN3O/c14-11-2-1-6-15-12(11)17-7-5-9(8-17)13(18)16-10-3-4-10/h1-2,6,9-10H,3-5,7-8H2,(H,16,18). The second kappa shape index (κ2) is 4.88. The smallest absolute Gasteiger partial charge is 0.225 e. The zero-order chi connectivity index (χ0) is 12.5. The first-order chi connectivity index (χ1) is 8.74. The topological polar surface area (TPSA) is 45.2 Å². The highest BCUT2D eigenvalue weighted by molar-refractivity contribution is 9.10. The molecule has 3 rings (SSSR count). The fraction of sp³-hybridized carbons (Fsp3) is 0.538. The van der Waals surface area contributed by atoms with Crippen LogP contribution in [-0.2, 0) is 4.79 Å². The van der Waals surface area contributed by atoms with Gasteiger partial charge in [0.2, 0.25) is 5.91 Å². The summed E-state index contributed by atoms with van der Waals surface area (Å²) in [7, 11) is 0. The number of nitrogens with one attached hydrogen (secondary N) is 1. The van der Waals surface area contributed by atoms with Crippen molar-refractivity contribution in [2.75, 3.05) is 18.0 Å². The van der Waals surface area contributed by atoms with Crippen molar-refractivity contribution < 1.29 is 4.79 Å². The molecule has 0 aromatic carbocycles. The summed E-state index contributed by atoms with van der Waals surface area (Å²) in [6.45, 7) is 1.67. The molecule has 2 aliphatic rings. The van der Waals surface area contributed by atoms with Crippen LogP contribution in [0.3, 0.4) is 0 Å². The first-order valence-electron chi connectivity index (χ1n) is 6.40. The summed E-state index contributed by atoms with van der Waals surface area (Å²) in [4.78, 5) is 18.5. The zero-order valence-corrected chi connectivity index (χ0v) is 11.7. The number of halogens is 1. The van der Waals surface area contributed by atoms with E-state index in [0.29, 0.717) is 6.04 Å². The minimum Gasteiger partial charge on any atom is -0.355 e. The number of pyridine rings is 1. The number of hydrogen-bond donors (Lipinski definition) is 1. The highest BCUT2D eigenvalue weighted by Crippen LogP contribution is 2.29. The minimum absolute atomic E-state index is 0.111. The van der Waals surface area contributed by atoms with Gasteiger partial charge < -0.3 is 10.2 Å². The summed E-state index contributed by atoms with van der Waals surface area (Å²) < 4.78 is 0.994. The van der Waals surface area contributed by atoms with Crippen LogP contribution in [0.25, 0.3) is 0 Å². The van der Waals surface area contributed by atoms with Gasteiger partial charge in [-0.3, -0.25) is 4.79 Å². The first-order valence-corrected chi connectivity index (χ1v) is 7.19. The van der Waals surface area contributed by atoms with E-state index >= 15 is 0 Å². The molecule has 1 unspecified atom stereocenters. The molecular weight excluding hydrogens is 294 g/mol.